The van der Waals surface area contributed by atoms with Gasteiger partial charge in [-0.25, -0.2) is 8.42 Å². The smallest absolute Gasteiger partial charge is 0.260 e. The number of hydrogen-bond acceptors (Lipinski definition) is 3. The number of aryl methyl sites for hydroxylation is 1. The van der Waals surface area contributed by atoms with E-state index in [2.05, 4.69) is 5.43 Å². The van der Waals surface area contributed by atoms with Gasteiger partial charge in [-0.15, -0.1) is 4.41 Å². The summed E-state index contributed by atoms with van der Waals surface area (Å²) in [4.78, 5) is 0.283. The van der Waals surface area contributed by atoms with E-state index in [1.165, 1.54) is 4.41 Å². The van der Waals surface area contributed by atoms with Crippen molar-refractivity contribution >= 4 is 10.0 Å². The van der Waals surface area contributed by atoms with E-state index in [9.17, 15) is 8.42 Å². The normalized spacial score (nSPS) is 18.6. The number of hydrazine groups is 1. The van der Waals surface area contributed by atoms with Crippen LogP contribution in [0.25, 0.3) is 0 Å². The zero-order valence-corrected chi connectivity index (χ0v) is 12.4. The van der Waals surface area contributed by atoms with E-state index in [4.69, 9.17) is 0 Å². The maximum Gasteiger partial charge on any atom is 0.260 e. The molecule has 0 bridgehead atoms. The summed E-state index contributed by atoms with van der Waals surface area (Å²) in [6, 6.07) is 16.1. The number of hydrogen-bond donors (Lipinski definition) is 1. The molecule has 21 heavy (non-hydrogen) atoms. The first-order valence-corrected chi connectivity index (χ1v) is 8.12. The number of benzene rings is 2. The van der Waals surface area contributed by atoms with Crippen molar-refractivity contribution in [1.82, 2.24) is 9.84 Å². The minimum atomic E-state index is -3.59. The van der Waals surface area contributed by atoms with Crippen molar-refractivity contribution in [3.63, 3.8) is 0 Å². The molecule has 4 nitrogen and oxygen atoms in total. The second-order valence-electron chi connectivity index (χ2n) is 4.96. The van der Waals surface area contributed by atoms with Crippen molar-refractivity contribution < 1.29 is 8.42 Å². The molecule has 1 unspecified atom stereocenters. The Labute approximate surface area is 124 Å². The molecule has 1 N–H and O–H groups in total. The monoisotopic (exact) mass is 300 g/mol. The molecular formula is C16H16N2O2S. The van der Waals surface area contributed by atoms with Crippen LogP contribution in [0.4, 0.5) is 0 Å². The fourth-order valence-corrected chi connectivity index (χ4v) is 3.70. The van der Waals surface area contributed by atoms with Crippen molar-refractivity contribution in [3.8, 4) is 0 Å². The molecule has 0 aromatic heterocycles. The van der Waals surface area contributed by atoms with Crippen LogP contribution in [0, 0.1) is 6.92 Å². The molecule has 0 amide bonds. The maximum absolute atomic E-state index is 12.8. The van der Waals surface area contributed by atoms with Crippen LogP contribution in [0.1, 0.15) is 17.2 Å². The Morgan fingerprint density at radius 2 is 1.67 bits per heavy atom. The quantitative estimate of drug-likeness (QED) is 0.948. The van der Waals surface area contributed by atoms with Gasteiger partial charge in [0.25, 0.3) is 10.0 Å². The van der Waals surface area contributed by atoms with Crippen molar-refractivity contribution in [2.75, 3.05) is 0 Å². The zero-order valence-electron chi connectivity index (χ0n) is 11.6. The highest BCUT2D eigenvalue weighted by atomic mass is 32.2. The first-order valence-electron chi connectivity index (χ1n) is 6.68. The predicted octanol–water partition coefficient (Wildman–Crippen LogP) is 2.76. The first-order chi connectivity index (χ1) is 10.1. The van der Waals surface area contributed by atoms with Gasteiger partial charge in [-0.1, -0.05) is 48.0 Å². The van der Waals surface area contributed by atoms with Gasteiger partial charge in [0.2, 0.25) is 0 Å². The SMILES string of the molecule is Cc1ccc(S(=O)(=O)N2NC=CC2c2ccccc2)cc1. The zero-order chi connectivity index (χ0) is 14.9. The van der Waals surface area contributed by atoms with Crippen molar-refractivity contribution in [3.05, 3.63) is 78.0 Å². The molecule has 1 aliphatic rings. The number of nitrogens with one attached hydrogen (secondary N) is 1. The van der Waals surface area contributed by atoms with E-state index >= 15 is 0 Å². The molecule has 5 heteroatoms. The summed E-state index contributed by atoms with van der Waals surface area (Å²) in [5, 5.41) is 0. The molecule has 0 radical (unpaired) electrons. The third kappa shape index (κ3) is 2.57. The Bertz CT molecular complexity index is 753. The molecule has 0 spiro atoms. The first kappa shape index (κ1) is 13.9. The lowest BCUT2D eigenvalue weighted by Crippen LogP contribution is -2.38. The van der Waals surface area contributed by atoms with Gasteiger partial charge >= 0.3 is 0 Å². The molecule has 0 saturated heterocycles. The third-order valence-corrected chi connectivity index (χ3v) is 5.17. The predicted molar refractivity (Wildman–Crippen MR) is 81.7 cm³/mol. The van der Waals surface area contributed by atoms with Gasteiger partial charge in [0.05, 0.1) is 10.9 Å². The number of sulfonamides is 1. The molecular weight excluding hydrogens is 284 g/mol. The number of rotatable bonds is 3. The highest BCUT2D eigenvalue weighted by molar-refractivity contribution is 7.89. The van der Waals surface area contributed by atoms with E-state index in [0.29, 0.717) is 0 Å². The van der Waals surface area contributed by atoms with Crippen molar-refractivity contribution in [2.24, 2.45) is 0 Å². The summed E-state index contributed by atoms with van der Waals surface area (Å²) < 4.78 is 26.8. The van der Waals surface area contributed by atoms with Crippen LogP contribution in [-0.2, 0) is 10.0 Å². The summed E-state index contributed by atoms with van der Waals surface area (Å²) in [6.07, 6.45) is 3.49. The van der Waals surface area contributed by atoms with Crippen LogP contribution in [0.15, 0.2) is 71.8 Å². The average molecular weight is 300 g/mol. The lowest BCUT2D eigenvalue weighted by molar-refractivity contribution is 0.344. The van der Waals surface area contributed by atoms with Gasteiger partial charge in [0.15, 0.2) is 0 Å². The summed E-state index contributed by atoms with van der Waals surface area (Å²) in [6.45, 7) is 1.93. The minimum Gasteiger partial charge on any atom is -0.312 e. The van der Waals surface area contributed by atoms with Gasteiger partial charge in [-0.2, -0.15) is 0 Å². The topological polar surface area (TPSA) is 49.4 Å². The second kappa shape index (κ2) is 5.35. The largest absolute Gasteiger partial charge is 0.312 e. The second-order valence-corrected chi connectivity index (χ2v) is 6.77. The summed E-state index contributed by atoms with van der Waals surface area (Å²) >= 11 is 0. The van der Waals surface area contributed by atoms with E-state index in [1.807, 2.05) is 43.3 Å². The number of nitrogens with zero attached hydrogens (tertiary/aromatic N) is 1. The van der Waals surface area contributed by atoms with Crippen LogP contribution in [0.3, 0.4) is 0 Å². The molecule has 0 aliphatic carbocycles. The van der Waals surface area contributed by atoms with Crippen LogP contribution >= 0.6 is 0 Å². The van der Waals surface area contributed by atoms with Gasteiger partial charge in [0.1, 0.15) is 0 Å². The molecule has 2 aromatic rings. The van der Waals surface area contributed by atoms with Crippen molar-refractivity contribution in [2.45, 2.75) is 17.9 Å². The molecule has 3 rings (SSSR count). The average Bonchev–Trinajstić information content (AvgIpc) is 2.99. The lowest BCUT2D eigenvalue weighted by Gasteiger charge is -2.24. The lowest BCUT2D eigenvalue weighted by atomic mass is 10.1. The summed E-state index contributed by atoms with van der Waals surface area (Å²) in [5.41, 5.74) is 4.78. The van der Waals surface area contributed by atoms with E-state index < -0.39 is 10.0 Å². The summed E-state index contributed by atoms with van der Waals surface area (Å²) in [7, 11) is -3.59. The highest BCUT2D eigenvalue weighted by Crippen LogP contribution is 2.29. The molecule has 1 atom stereocenters. The Morgan fingerprint density at radius 1 is 1.00 bits per heavy atom. The molecule has 2 aromatic carbocycles. The fourth-order valence-electron chi connectivity index (χ4n) is 2.31. The summed E-state index contributed by atoms with van der Waals surface area (Å²) in [5.74, 6) is 0. The standard InChI is InChI=1S/C16H16N2O2S/c1-13-7-9-15(10-8-13)21(19,20)18-16(11-12-17-18)14-5-3-2-4-6-14/h2-12,16-17H,1H3. The molecule has 108 valence electrons. The molecule has 0 saturated carbocycles. The Hall–Kier alpha value is -2.11. The molecule has 1 heterocycles. The van der Waals surface area contributed by atoms with Crippen LogP contribution in [-0.4, -0.2) is 12.8 Å². The molecule has 0 fully saturated rings. The molecule has 1 aliphatic heterocycles. The highest BCUT2D eigenvalue weighted by Gasteiger charge is 2.33. The fraction of sp³-hybridized carbons (Fsp3) is 0.125. The van der Waals surface area contributed by atoms with Gasteiger partial charge in [-0.3, -0.25) is 0 Å². The van der Waals surface area contributed by atoms with Crippen LogP contribution in [0.2, 0.25) is 0 Å². The van der Waals surface area contributed by atoms with Gasteiger partial charge < -0.3 is 5.43 Å². The van der Waals surface area contributed by atoms with Gasteiger partial charge in [-0.05, 0) is 30.7 Å². The van der Waals surface area contributed by atoms with Crippen LogP contribution in [0.5, 0.6) is 0 Å². The van der Waals surface area contributed by atoms with Crippen LogP contribution < -0.4 is 5.43 Å². The maximum atomic E-state index is 12.8. The Morgan fingerprint density at radius 3 is 2.33 bits per heavy atom. The van der Waals surface area contributed by atoms with Gasteiger partial charge in [0, 0.05) is 6.20 Å². The van der Waals surface area contributed by atoms with E-state index in [1.54, 1.807) is 30.5 Å². The third-order valence-electron chi connectivity index (χ3n) is 3.45. The Balaban J connectivity index is 1.97. The Kier molecular flexibility index (Phi) is 3.53. The van der Waals surface area contributed by atoms with E-state index in [0.717, 1.165) is 11.1 Å². The van der Waals surface area contributed by atoms with E-state index in [-0.39, 0.29) is 10.9 Å². The minimum absolute atomic E-state index is 0.283. The van der Waals surface area contributed by atoms with Crippen molar-refractivity contribution in [1.29, 1.82) is 0 Å².